The van der Waals surface area contributed by atoms with E-state index in [4.69, 9.17) is 4.74 Å². The third-order valence-corrected chi connectivity index (χ3v) is 4.17. The Kier molecular flexibility index (Phi) is 3.99. The second kappa shape index (κ2) is 5.54. The van der Waals surface area contributed by atoms with Crippen LogP contribution in [0.5, 0.6) is 5.75 Å². The highest BCUT2D eigenvalue weighted by molar-refractivity contribution is 7.92. The largest absolute Gasteiger partial charge is 0.496 e. The third kappa shape index (κ3) is 2.93. The number of aromatic nitrogens is 2. The van der Waals surface area contributed by atoms with Gasteiger partial charge in [0.1, 0.15) is 11.6 Å². The maximum absolute atomic E-state index is 12.2. The van der Waals surface area contributed by atoms with Gasteiger partial charge in [0.05, 0.1) is 13.3 Å². The lowest BCUT2D eigenvalue weighted by Crippen LogP contribution is -2.13. The Balaban J connectivity index is 2.26. The molecule has 0 unspecified atom stereocenters. The second-order valence-electron chi connectivity index (χ2n) is 4.34. The van der Waals surface area contributed by atoms with Gasteiger partial charge in [-0.1, -0.05) is 6.92 Å². The minimum absolute atomic E-state index is 0.0582. The number of aromatic amines is 1. The topological polar surface area (TPSA) is 84.1 Å². The van der Waals surface area contributed by atoms with Crippen LogP contribution in [-0.2, 0) is 16.4 Å². The minimum atomic E-state index is -3.65. The first kappa shape index (κ1) is 14.4. The van der Waals surface area contributed by atoms with Crippen molar-refractivity contribution in [3.05, 3.63) is 35.8 Å². The molecule has 0 radical (unpaired) electrons. The van der Waals surface area contributed by atoms with Crippen LogP contribution < -0.4 is 9.46 Å². The number of sulfonamides is 1. The lowest BCUT2D eigenvalue weighted by molar-refractivity contribution is 0.412. The third-order valence-electron chi connectivity index (χ3n) is 2.88. The zero-order chi connectivity index (χ0) is 14.8. The molecule has 0 aliphatic carbocycles. The average Bonchev–Trinajstić information content (AvgIpc) is 2.88. The molecule has 0 saturated carbocycles. The van der Waals surface area contributed by atoms with Crippen molar-refractivity contribution in [3.63, 3.8) is 0 Å². The van der Waals surface area contributed by atoms with Gasteiger partial charge in [-0.05, 0) is 30.7 Å². The van der Waals surface area contributed by atoms with Gasteiger partial charge >= 0.3 is 0 Å². The van der Waals surface area contributed by atoms with Gasteiger partial charge in [-0.2, -0.15) is 8.42 Å². The zero-order valence-electron chi connectivity index (χ0n) is 11.6. The van der Waals surface area contributed by atoms with Crippen LogP contribution in [-0.4, -0.2) is 25.5 Å². The van der Waals surface area contributed by atoms with Crippen LogP contribution in [0, 0.1) is 6.92 Å². The normalized spacial score (nSPS) is 11.3. The number of H-pyrrole nitrogens is 1. The van der Waals surface area contributed by atoms with Crippen molar-refractivity contribution in [1.29, 1.82) is 0 Å². The predicted molar refractivity (Wildman–Crippen MR) is 76.5 cm³/mol. The molecule has 7 heteroatoms. The van der Waals surface area contributed by atoms with Crippen molar-refractivity contribution in [2.45, 2.75) is 25.3 Å². The Bertz CT molecular complexity index is 707. The van der Waals surface area contributed by atoms with Crippen molar-refractivity contribution in [2.24, 2.45) is 0 Å². The number of nitrogens with zero attached hydrogens (tertiary/aromatic N) is 1. The first-order valence-electron chi connectivity index (χ1n) is 6.17. The van der Waals surface area contributed by atoms with Gasteiger partial charge in [0.25, 0.3) is 10.0 Å². The van der Waals surface area contributed by atoms with E-state index in [2.05, 4.69) is 14.7 Å². The number of ether oxygens (including phenoxy) is 1. The molecule has 0 amide bonds. The van der Waals surface area contributed by atoms with Crippen LogP contribution >= 0.6 is 0 Å². The Morgan fingerprint density at radius 3 is 2.70 bits per heavy atom. The first-order chi connectivity index (χ1) is 9.46. The fourth-order valence-corrected chi connectivity index (χ4v) is 2.80. The van der Waals surface area contributed by atoms with E-state index >= 15 is 0 Å². The summed E-state index contributed by atoms with van der Waals surface area (Å²) in [5.41, 5.74) is 1.34. The Labute approximate surface area is 118 Å². The molecule has 1 aromatic heterocycles. The Morgan fingerprint density at radius 1 is 1.40 bits per heavy atom. The Morgan fingerprint density at radius 2 is 2.15 bits per heavy atom. The van der Waals surface area contributed by atoms with Crippen LogP contribution in [0.3, 0.4) is 0 Å². The van der Waals surface area contributed by atoms with Gasteiger partial charge in [-0.15, -0.1) is 0 Å². The van der Waals surface area contributed by atoms with Crippen molar-refractivity contribution >= 4 is 15.7 Å². The summed E-state index contributed by atoms with van der Waals surface area (Å²) in [6, 6.07) is 5.09. The maximum atomic E-state index is 12.2. The lowest BCUT2D eigenvalue weighted by Gasteiger charge is -2.09. The van der Waals surface area contributed by atoms with E-state index in [0.717, 1.165) is 5.56 Å². The molecule has 0 aliphatic heterocycles. The van der Waals surface area contributed by atoms with E-state index < -0.39 is 10.0 Å². The van der Waals surface area contributed by atoms with Gasteiger partial charge < -0.3 is 9.72 Å². The van der Waals surface area contributed by atoms with Gasteiger partial charge in [0, 0.05) is 12.1 Å². The van der Waals surface area contributed by atoms with Crippen molar-refractivity contribution in [2.75, 3.05) is 11.8 Å². The Hall–Kier alpha value is -2.02. The summed E-state index contributed by atoms with van der Waals surface area (Å²) >= 11 is 0. The molecule has 0 atom stereocenters. The molecule has 0 aliphatic rings. The molecular formula is C13H17N3O3S. The zero-order valence-corrected chi connectivity index (χ0v) is 12.4. The van der Waals surface area contributed by atoms with E-state index in [1.54, 1.807) is 25.3 Å². The first-order valence-corrected chi connectivity index (χ1v) is 7.66. The number of methoxy groups -OCH3 is 1. The molecule has 1 heterocycles. The number of nitrogens with one attached hydrogen (secondary N) is 2. The van der Waals surface area contributed by atoms with E-state index in [1.165, 1.54) is 6.20 Å². The molecular weight excluding hydrogens is 278 g/mol. The number of anilines is 1. The summed E-state index contributed by atoms with van der Waals surface area (Å²) in [7, 11) is -2.08. The standard InChI is InChI=1S/C13H17N3O3S/c1-4-12-14-8-13(15-12)20(17,18)16-10-5-6-11(19-3)9(2)7-10/h5-8,16H,4H2,1-3H3,(H,14,15). The van der Waals surface area contributed by atoms with E-state index in [1.807, 2.05) is 13.8 Å². The van der Waals surface area contributed by atoms with Crippen molar-refractivity contribution in [1.82, 2.24) is 9.97 Å². The number of rotatable bonds is 5. The molecule has 0 bridgehead atoms. The minimum Gasteiger partial charge on any atom is -0.496 e. The summed E-state index contributed by atoms with van der Waals surface area (Å²) in [6.45, 7) is 3.75. The summed E-state index contributed by atoms with van der Waals surface area (Å²) in [4.78, 5) is 6.77. The molecule has 2 aromatic rings. The summed E-state index contributed by atoms with van der Waals surface area (Å²) in [5.74, 6) is 1.35. The summed E-state index contributed by atoms with van der Waals surface area (Å²) < 4.78 is 32.0. The quantitative estimate of drug-likeness (QED) is 0.884. The number of aryl methyl sites for hydroxylation is 2. The highest BCUT2D eigenvalue weighted by Gasteiger charge is 2.17. The van der Waals surface area contributed by atoms with Crippen LogP contribution in [0.4, 0.5) is 5.69 Å². The molecule has 2 N–H and O–H groups in total. The second-order valence-corrected chi connectivity index (χ2v) is 5.99. The molecule has 0 spiro atoms. The average molecular weight is 295 g/mol. The van der Waals surface area contributed by atoms with Gasteiger partial charge in [0.15, 0.2) is 5.03 Å². The fourth-order valence-electron chi connectivity index (χ4n) is 1.81. The molecule has 6 nitrogen and oxygen atoms in total. The van der Waals surface area contributed by atoms with E-state index in [-0.39, 0.29) is 5.03 Å². The summed E-state index contributed by atoms with van der Waals surface area (Å²) in [6.07, 6.45) is 1.97. The molecule has 1 aromatic carbocycles. The van der Waals surface area contributed by atoms with Crippen LogP contribution in [0.15, 0.2) is 29.4 Å². The molecule has 108 valence electrons. The molecule has 0 saturated heterocycles. The summed E-state index contributed by atoms with van der Waals surface area (Å²) in [5, 5.41) is 0.0582. The van der Waals surface area contributed by atoms with Crippen molar-refractivity contribution < 1.29 is 13.2 Å². The van der Waals surface area contributed by atoms with E-state index in [0.29, 0.717) is 23.7 Å². The van der Waals surface area contributed by atoms with E-state index in [9.17, 15) is 8.42 Å². The lowest BCUT2D eigenvalue weighted by atomic mass is 10.2. The number of imidazole rings is 1. The van der Waals surface area contributed by atoms with Gasteiger partial charge in [0.2, 0.25) is 0 Å². The van der Waals surface area contributed by atoms with Gasteiger partial charge in [-0.3, -0.25) is 4.72 Å². The molecule has 20 heavy (non-hydrogen) atoms. The smallest absolute Gasteiger partial charge is 0.278 e. The van der Waals surface area contributed by atoms with Crippen molar-refractivity contribution in [3.8, 4) is 5.75 Å². The number of hydrogen-bond donors (Lipinski definition) is 2. The number of benzene rings is 1. The highest BCUT2D eigenvalue weighted by atomic mass is 32.2. The molecule has 0 fully saturated rings. The SMILES string of the molecule is CCc1ncc(S(=O)(=O)Nc2ccc(OC)c(C)c2)[nH]1. The van der Waals surface area contributed by atoms with Crippen LogP contribution in [0.2, 0.25) is 0 Å². The highest BCUT2D eigenvalue weighted by Crippen LogP contribution is 2.23. The monoisotopic (exact) mass is 295 g/mol. The molecule has 2 rings (SSSR count). The van der Waals surface area contributed by atoms with Crippen LogP contribution in [0.25, 0.3) is 0 Å². The van der Waals surface area contributed by atoms with Gasteiger partial charge in [-0.25, -0.2) is 4.98 Å². The fraction of sp³-hybridized carbons (Fsp3) is 0.308. The predicted octanol–water partition coefficient (Wildman–Crippen LogP) is 2.09. The maximum Gasteiger partial charge on any atom is 0.278 e. The number of hydrogen-bond acceptors (Lipinski definition) is 4. The van der Waals surface area contributed by atoms with Crippen LogP contribution in [0.1, 0.15) is 18.3 Å².